The topological polar surface area (TPSA) is 51.6 Å². The standard InChI is InChI=1S/C27H19ClN2O2S/c1-16-7-10-20(11-8-16)33-26-19(14-18-13-17(2)9-12-23(18)30-26)15-24-27(31)32-25(29-24)21-5-3-4-6-22(21)28/h3-15H,1-2H3/b24-15+. The zero-order chi connectivity index (χ0) is 22.9. The molecule has 0 fully saturated rings. The molecule has 0 bridgehead atoms. The number of aromatic nitrogens is 1. The number of pyridine rings is 1. The average molecular weight is 471 g/mol. The summed E-state index contributed by atoms with van der Waals surface area (Å²) in [6.45, 7) is 4.10. The lowest BCUT2D eigenvalue weighted by atomic mass is 10.1. The van der Waals surface area contributed by atoms with E-state index in [4.69, 9.17) is 21.3 Å². The van der Waals surface area contributed by atoms with Gasteiger partial charge in [0, 0.05) is 15.8 Å². The number of rotatable bonds is 4. The molecule has 0 atom stereocenters. The van der Waals surface area contributed by atoms with Crippen LogP contribution >= 0.6 is 23.4 Å². The molecule has 0 unspecified atom stereocenters. The highest BCUT2D eigenvalue weighted by molar-refractivity contribution is 7.99. The first-order chi connectivity index (χ1) is 16.0. The van der Waals surface area contributed by atoms with Crippen LogP contribution in [0.2, 0.25) is 5.02 Å². The van der Waals surface area contributed by atoms with Crippen molar-refractivity contribution < 1.29 is 9.53 Å². The Balaban J connectivity index is 1.61. The lowest BCUT2D eigenvalue weighted by molar-refractivity contribution is -0.129. The molecule has 4 nitrogen and oxygen atoms in total. The minimum Gasteiger partial charge on any atom is -0.402 e. The van der Waals surface area contributed by atoms with Crippen LogP contribution in [0.3, 0.4) is 0 Å². The van der Waals surface area contributed by atoms with E-state index in [0.29, 0.717) is 10.6 Å². The van der Waals surface area contributed by atoms with Crippen molar-refractivity contribution in [2.75, 3.05) is 0 Å². The number of nitrogens with zero attached hydrogens (tertiary/aromatic N) is 2. The zero-order valence-electron chi connectivity index (χ0n) is 18.0. The fraction of sp³-hybridized carbons (Fsp3) is 0.0741. The molecule has 33 heavy (non-hydrogen) atoms. The molecule has 162 valence electrons. The van der Waals surface area contributed by atoms with E-state index in [0.717, 1.165) is 32.0 Å². The summed E-state index contributed by atoms with van der Waals surface area (Å²) in [7, 11) is 0. The lowest BCUT2D eigenvalue weighted by Crippen LogP contribution is -2.05. The molecule has 0 spiro atoms. The van der Waals surface area contributed by atoms with Gasteiger partial charge in [-0.1, -0.05) is 64.8 Å². The van der Waals surface area contributed by atoms with Crippen molar-refractivity contribution >= 4 is 52.2 Å². The Labute approximate surface area is 201 Å². The number of esters is 1. The third-order valence-electron chi connectivity index (χ3n) is 5.22. The SMILES string of the molecule is Cc1ccc(Sc2nc3ccc(C)cc3cc2/C=C2/N=C(c3ccccc3Cl)OC2=O)cc1. The molecular formula is C27H19ClN2O2S. The van der Waals surface area contributed by atoms with Crippen LogP contribution in [0.25, 0.3) is 17.0 Å². The maximum atomic E-state index is 12.6. The molecule has 0 saturated heterocycles. The third-order valence-corrected chi connectivity index (χ3v) is 6.57. The first-order valence-corrected chi connectivity index (χ1v) is 11.6. The number of halogens is 1. The van der Waals surface area contributed by atoms with Crippen LogP contribution in [0, 0.1) is 13.8 Å². The highest BCUT2D eigenvalue weighted by Crippen LogP contribution is 2.34. The third kappa shape index (κ3) is 4.56. The van der Waals surface area contributed by atoms with Gasteiger partial charge in [0.2, 0.25) is 5.90 Å². The molecule has 0 N–H and O–H groups in total. The van der Waals surface area contributed by atoms with E-state index in [-0.39, 0.29) is 11.6 Å². The molecule has 5 rings (SSSR count). The number of ether oxygens (including phenoxy) is 1. The fourth-order valence-corrected chi connectivity index (χ4v) is 4.60. The van der Waals surface area contributed by atoms with Gasteiger partial charge in [0.05, 0.1) is 16.1 Å². The summed E-state index contributed by atoms with van der Waals surface area (Å²) in [5.41, 5.74) is 4.82. The molecule has 1 aliphatic rings. The summed E-state index contributed by atoms with van der Waals surface area (Å²) in [6.07, 6.45) is 1.73. The second kappa shape index (κ2) is 8.85. The van der Waals surface area contributed by atoms with E-state index in [2.05, 4.69) is 42.2 Å². The molecule has 2 heterocycles. The first kappa shape index (κ1) is 21.4. The lowest BCUT2D eigenvalue weighted by Gasteiger charge is -2.09. The number of aliphatic imine (C=N–C) groups is 1. The number of hydrogen-bond donors (Lipinski definition) is 0. The summed E-state index contributed by atoms with van der Waals surface area (Å²) >= 11 is 7.81. The molecule has 1 aliphatic heterocycles. The van der Waals surface area contributed by atoms with Gasteiger partial charge in [-0.25, -0.2) is 14.8 Å². The quantitative estimate of drug-likeness (QED) is 0.238. The summed E-state index contributed by atoms with van der Waals surface area (Å²) in [5.74, 6) is -0.310. The first-order valence-electron chi connectivity index (χ1n) is 10.4. The maximum Gasteiger partial charge on any atom is 0.363 e. The van der Waals surface area contributed by atoms with Gasteiger partial charge in [-0.15, -0.1) is 0 Å². The van der Waals surface area contributed by atoms with Gasteiger partial charge < -0.3 is 4.74 Å². The van der Waals surface area contributed by atoms with Crippen molar-refractivity contribution in [1.29, 1.82) is 0 Å². The highest BCUT2D eigenvalue weighted by Gasteiger charge is 2.26. The second-order valence-corrected chi connectivity index (χ2v) is 9.28. The van der Waals surface area contributed by atoms with Gasteiger partial charge >= 0.3 is 5.97 Å². The minimum absolute atomic E-state index is 0.203. The zero-order valence-corrected chi connectivity index (χ0v) is 19.6. The molecule has 0 radical (unpaired) electrons. The Morgan fingerprint density at radius 3 is 2.48 bits per heavy atom. The fourth-order valence-electron chi connectivity index (χ4n) is 3.50. The highest BCUT2D eigenvalue weighted by atomic mass is 35.5. The van der Waals surface area contributed by atoms with Gasteiger partial charge in [-0.05, 0) is 62.4 Å². The van der Waals surface area contributed by atoms with Gasteiger partial charge in [0.1, 0.15) is 5.03 Å². The predicted molar refractivity (Wildman–Crippen MR) is 134 cm³/mol. The number of benzene rings is 3. The van der Waals surface area contributed by atoms with E-state index in [1.807, 2.05) is 37.3 Å². The average Bonchev–Trinajstić information content (AvgIpc) is 3.16. The molecular weight excluding hydrogens is 452 g/mol. The van der Waals surface area contributed by atoms with Gasteiger partial charge in [-0.2, -0.15) is 0 Å². The Morgan fingerprint density at radius 1 is 0.939 bits per heavy atom. The van der Waals surface area contributed by atoms with Crippen molar-refractivity contribution in [3.05, 3.63) is 106 Å². The van der Waals surface area contributed by atoms with Crippen molar-refractivity contribution in [2.45, 2.75) is 23.8 Å². The Hall–Kier alpha value is -3.41. The molecule has 1 aromatic heterocycles. The number of carbonyl (C=O) groups excluding carboxylic acids is 1. The molecule has 3 aromatic carbocycles. The normalized spacial score (nSPS) is 14.6. The smallest absolute Gasteiger partial charge is 0.363 e. The van der Waals surface area contributed by atoms with E-state index in [9.17, 15) is 4.79 Å². The van der Waals surface area contributed by atoms with E-state index in [1.54, 1.807) is 30.0 Å². The summed E-state index contributed by atoms with van der Waals surface area (Å²) in [4.78, 5) is 23.0. The van der Waals surface area contributed by atoms with Crippen LogP contribution in [-0.4, -0.2) is 16.9 Å². The van der Waals surface area contributed by atoms with Crippen LogP contribution in [-0.2, 0) is 9.53 Å². The van der Waals surface area contributed by atoms with E-state index in [1.165, 1.54) is 5.56 Å². The number of carbonyl (C=O) groups is 1. The number of aryl methyl sites for hydroxylation is 2. The largest absolute Gasteiger partial charge is 0.402 e. The monoisotopic (exact) mass is 470 g/mol. The van der Waals surface area contributed by atoms with Crippen LogP contribution < -0.4 is 0 Å². The number of fused-ring (bicyclic) bond motifs is 1. The van der Waals surface area contributed by atoms with Crippen LogP contribution in [0.4, 0.5) is 0 Å². The van der Waals surface area contributed by atoms with Gasteiger partial charge in [-0.3, -0.25) is 0 Å². The van der Waals surface area contributed by atoms with Crippen molar-refractivity contribution in [1.82, 2.24) is 4.98 Å². The van der Waals surface area contributed by atoms with Crippen LogP contribution in [0.15, 0.2) is 93.4 Å². The molecule has 6 heteroatoms. The summed E-state index contributed by atoms with van der Waals surface area (Å²) < 4.78 is 5.42. The van der Waals surface area contributed by atoms with Gasteiger partial charge in [0.15, 0.2) is 5.70 Å². The Bertz CT molecular complexity index is 1460. The van der Waals surface area contributed by atoms with E-state index >= 15 is 0 Å². The van der Waals surface area contributed by atoms with Crippen molar-refractivity contribution in [3.8, 4) is 0 Å². The van der Waals surface area contributed by atoms with Crippen LogP contribution in [0.5, 0.6) is 0 Å². The molecule has 0 aliphatic carbocycles. The molecule has 0 amide bonds. The molecule has 0 saturated carbocycles. The predicted octanol–water partition coefficient (Wildman–Crippen LogP) is 7.00. The minimum atomic E-state index is -0.513. The summed E-state index contributed by atoms with van der Waals surface area (Å²) in [6, 6.07) is 23.6. The van der Waals surface area contributed by atoms with Crippen LogP contribution in [0.1, 0.15) is 22.3 Å². The van der Waals surface area contributed by atoms with Crippen molar-refractivity contribution in [3.63, 3.8) is 0 Å². The maximum absolute atomic E-state index is 12.6. The summed E-state index contributed by atoms with van der Waals surface area (Å²) in [5, 5.41) is 2.26. The number of cyclic esters (lactones) is 1. The Kier molecular flexibility index (Phi) is 5.75. The number of hydrogen-bond acceptors (Lipinski definition) is 5. The second-order valence-electron chi connectivity index (χ2n) is 7.81. The molecule has 4 aromatic rings. The Morgan fingerprint density at radius 2 is 1.70 bits per heavy atom. The van der Waals surface area contributed by atoms with E-state index < -0.39 is 5.97 Å². The van der Waals surface area contributed by atoms with Crippen molar-refractivity contribution in [2.24, 2.45) is 4.99 Å². The van der Waals surface area contributed by atoms with Gasteiger partial charge in [0.25, 0.3) is 0 Å².